The average molecular weight is 1010 g/mol. The quantitative estimate of drug-likeness (QED) is 0.107. The van der Waals surface area contributed by atoms with Gasteiger partial charge in [-0.25, -0.2) is 4.98 Å². The van der Waals surface area contributed by atoms with Gasteiger partial charge in [-0.1, -0.05) is 208 Å². The molecule has 0 aliphatic heterocycles. The van der Waals surface area contributed by atoms with Crippen LogP contribution in [-0.4, -0.2) is 14.1 Å². The molecule has 0 fully saturated rings. The van der Waals surface area contributed by atoms with Gasteiger partial charge in [0, 0.05) is 23.0 Å². The third-order valence-electron chi connectivity index (χ3n) is 14.5. The Morgan fingerprint density at radius 1 is 0.455 bits per heavy atom. The van der Waals surface area contributed by atoms with Crippen LogP contribution < -0.4 is 9.30 Å². The van der Waals surface area contributed by atoms with E-state index in [1.807, 2.05) is 100 Å². The summed E-state index contributed by atoms with van der Waals surface area (Å²) in [6.07, 6.45) is 5.57. The molecule has 0 radical (unpaired) electrons. The summed E-state index contributed by atoms with van der Waals surface area (Å²) in [5.74, 6) is 1.92. The van der Waals surface area contributed by atoms with Crippen LogP contribution in [0.5, 0.6) is 11.5 Å². The van der Waals surface area contributed by atoms with Crippen LogP contribution in [-0.2, 0) is 16.2 Å². The highest BCUT2D eigenvalue weighted by Crippen LogP contribution is 2.42. The fraction of sp³-hybridized carbons (Fsp3) is 0.167. The largest absolute Gasteiger partial charge is 0.458 e. The molecule has 0 saturated carbocycles. The lowest BCUT2D eigenvalue weighted by Crippen LogP contribution is -2.31. The molecular weight excluding hydrogens is 937 g/mol. The summed E-state index contributed by atoms with van der Waals surface area (Å²) >= 11 is 0. The van der Waals surface area contributed by atoms with Gasteiger partial charge in [-0.15, -0.1) is 0 Å². The summed E-state index contributed by atoms with van der Waals surface area (Å²) < 4.78 is 103. The molecule has 5 heteroatoms. The zero-order valence-electron chi connectivity index (χ0n) is 54.8. The Bertz CT molecular complexity index is 4730. The third-order valence-corrected chi connectivity index (χ3v) is 14.5. The lowest BCUT2D eigenvalue weighted by atomic mass is 9.84. The second-order valence-electron chi connectivity index (χ2n) is 22.8. The number of hydrogen-bond acceptors (Lipinski definition) is 2. The SMILES string of the molecule is [2H]c1c([2H])c([2H])c(-c2cc(-c3cccc(C(C)(C)C)c3)c(-[n+]3[c-]n(-c4cccc(Oc5ccc6c7ccccc7n(-c7cc(C(C)(C)C)ccn7)c6c5)c4)c4cc(-c5ccc(C(C)(C)C)cc5)ccc43)c(-c3c([2H])c([2H])c([2H])c([2H])c3[2H])c2)c([2H])c1[2H]. The van der Waals surface area contributed by atoms with Crippen LogP contribution in [0.2, 0.25) is 0 Å². The monoisotopic (exact) mass is 1010 g/mol. The van der Waals surface area contributed by atoms with Gasteiger partial charge in [0.25, 0.3) is 6.33 Å². The van der Waals surface area contributed by atoms with E-state index in [4.69, 9.17) is 17.9 Å². The molecule has 9 aromatic carbocycles. The molecule has 0 unspecified atom stereocenters. The number of nitrogens with zero attached hydrogens (tertiary/aromatic N) is 4. The molecular formula is C72H64N4O. The van der Waals surface area contributed by atoms with E-state index in [1.54, 1.807) is 12.1 Å². The predicted octanol–water partition coefficient (Wildman–Crippen LogP) is 18.6. The van der Waals surface area contributed by atoms with E-state index < -0.39 is 60.4 Å². The van der Waals surface area contributed by atoms with Crippen molar-refractivity contribution in [3.05, 3.63) is 247 Å². The molecule has 0 atom stereocenters. The normalized spacial score (nSPS) is 14.0. The van der Waals surface area contributed by atoms with Gasteiger partial charge in [-0.2, -0.15) is 0 Å². The lowest BCUT2D eigenvalue weighted by molar-refractivity contribution is -0.571. The van der Waals surface area contributed by atoms with Gasteiger partial charge in [0.05, 0.1) is 47.1 Å². The smallest absolute Gasteiger partial charge is 0.269 e. The molecule has 0 saturated heterocycles. The zero-order chi connectivity index (χ0) is 61.9. The Labute approximate surface area is 467 Å². The maximum absolute atomic E-state index is 9.56. The minimum absolute atomic E-state index is 0.0790. The molecule has 5 nitrogen and oxygen atoms in total. The van der Waals surface area contributed by atoms with Crippen LogP contribution in [0, 0.1) is 6.33 Å². The van der Waals surface area contributed by atoms with Crippen LogP contribution in [0.15, 0.2) is 224 Å². The third kappa shape index (κ3) is 9.41. The molecule has 12 aromatic rings. The van der Waals surface area contributed by atoms with Gasteiger partial charge < -0.3 is 4.74 Å². The molecule has 0 aliphatic rings. The summed E-state index contributed by atoms with van der Waals surface area (Å²) in [4.78, 5) is 4.89. The van der Waals surface area contributed by atoms with E-state index in [-0.39, 0.29) is 38.5 Å². The van der Waals surface area contributed by atoms with E-state index in [9.17, 15) is 5.48 Å². The summed E-state index contributed by atoms with van der Waals surface area (Å²) in [5, 5.41) is 2.13. The highest BCUT2D eigenvalue weighted by molar-refractivity contribution is 6.09. The molecule has 0 bridgehead atoms. The second-order valence-corrected chi connectivity index (χ2v) is 22.8. The zero-order valence-corrected chi connectivity index (χ0v) is 44.8. The van der Waals surface area contributed by atoms with Crippen LogP contribution in [0.25, 0.3) is 94.5 Å². The molecule has 3 aromatic heterocycles. The first kappa shape index (κ1) is 38.7. The molecule has 3 heterocycles. The number of hydrogen-bond donors (Lipinski definition) is 0. The number of rotatable bonds is 9. The standard InChI is InChI=1S/C72H64N4O/c1-70(2,3)54-33-30-49(31-34-54)51-32-37-65-67(43-51)74(47-75(65)69-62(50-22-14-11-15-23-50)41-53(48-20-12-10-13-21-48)42-63(69)52-24-18-25-55(40-52)71(4,5)6)57-26-19-27-58(45-57)77-59-35-36-61-60-28-16-17-29-64(60)76(66(61)46-59)68-44-56(38-39-73-68)72(7,8)9/h10-46H,1-9H3/i10D,11D,12D,13D,14D,15D,20D,21D,22D,23D. The molecule has 77 heavy (non-hydrogen) atoms. The minimum atomic E-state index is -0.582. The summed E-state index contributed by atoms with van der Waals surface area (Å²) in [6.45, 7) is 19.4. The predicted molar refractivity (Wildman–Crippen MR) is 320 cm³/mol. The molecule has 0 N–H and O–H groups in total. The van der Waals surface area contributed by atoms with Crippen LogP contribution in [0.3, 0.4) is 0 Å². The highest BCUT2D eigenvalue weighted by Gasteiger charge is 2.25. The number of imidazole rings is 1. The van der Waals surface area contributed by atoms with Crippen molar-refractivity contribution in [3.63, 3.8) is 0 Å². The lowest BCUT2D eigenvalue weighted by Gasteiger charge is -2.23. The van der Waals surface area contributed by atoms with Gasteiger partial charge in [-0.3, -0.25) is 13.7 Å². The van der Waals surface area contributed by atoms with Gasteiger partial charge in [0.15, 0.2) is 0 Å². The van der Waals surface area contributed by atoms with Crippen LogP contribution in [0.4, 0.5) is 0 Å². The van der Waals surface area contributed by atoms with Crippen molar-refractivity contribution >= 4 is 32.8 Å². The first-order valence-electron chi connectivity index (χ1n) is 31.0. The summed E-state index contributed by atoms with van der Waals surface area (Å²) in [6, 6.07) is 46.9. The van der Waals surface area contributed by atoms with Crippen molar-refractivity contribution < 1.29 is 23.0 Å². The first-order valence-corrected chi connectivity index (χ1v) is 26.0. The Morgan fingerprint density at radius 3 is 1.82 bits per heavy atom. The van der Waals surface area contributed by atoms with E-state index >= 15 is 0 Å². The fourth-order valence-electron chi connectivity index (χ4n) is 10.3. The first-order chi connectivity index (χ1) is 41.2. The number of ether oxygens (including phenoxy) is 1. The van der Waals surface area contributed by atoms with Gasteiger partial charge >= 0.3 is 0 Å². The molecule has 378 valence electrons. The summed E-state index contributed by atoms with van der Waals surface area (Å²) in [5.41, 5.74) is 10.1. The van der Waals surface area contributed by atoms with Crippen molar-refractivity contribution in [2.24, 2.45) is 0 Å². The number of fused-ring (bicyclic) bond motifs is 4. The van der Waals surface area contributed by atoms with Crippen molar-refractivity contribution in [2.45, 2.75) is 78.6 Å². The van der Waals surface area contributed by atoms with Gasteiger partial charge in [0.1, 0.15) is 17.3 Å². The molecule has 0 amide bonds. The minimum Gasteiger partial charge on any atom is -0.458 e. The number of benzene rings is 9. The van der Waals surface area contributed by atoms with Gasteiger partial charge in [-0.05, 0) is 144 Å². The number of pyridine rings is 1. The van der Waals surface area contributed by atoms with Crippen molar-refractivity contribution in [2.75, 3.05) is 0 Å². The van der Waals surface area contributed by atoms with Crippen LogP contribution in [0.1, 0.15) is 92.7 Å². The topological polar surface area (TPSA) is 35.9 Å². The number of para-hydroxylation sites is 1. The van der Waals surface area contributed by atoms with Gasteiger partial charge in [0.2, 0.25) is 0 Å². The van der Waals surface area contributed by atoms with E-state index in [2.05, 4.69) is 134 Å². The van der Waals surface area contributed by atoms with E-state index in [0.717, 1.165) is 49.9 Å². The van der Waals surface area contributed by atoms with E-state index in [1.165, 1.54) is 5.56 Å². The van der Waals surface area contributed by atoms with Crippen LogP contribution >= 0.6 is 0 Å². The highest BCUT2D eigenvalue weighted by atomic mass is 16.5. The Kier molecular flexibility index (Phi) is 9.60. The van der Waals surface area contributed by atoms with Crippen molar-refractivity contribution in [1.29, 1.82) is 0 Å². The molecule has 0 aliphatic carbocycles. The number of aromatic nitrogens is 4. The maximum atomic E-state index is 9.56. The Morgan fingerprint density at radius 2 is 1.09 bits per heavy atom. The molecule has 12 rings (SSSR count). The Balaban J connectivity index is 1.13. The summed E-state index contributed by atoms with van der Waals surface area (Å²) in [7, 11) is 0. The Hall–Kier alpha value is -8.80. The maximum Gasteiger partial charge on any atom is 0.269 e. The van der Waals surface area contributed by atoms with Crippen molar-refractivity contribution in [3.8, 4) is 73.2 Å². The second kappa shape index (κ2) is 19.1. The fourth-order valence-corrected chi connectivity index (χ4v) is 10.3. The van der Waals surface area contributed by atoms with E-state index in [0.29, 0.717) is 45.0 Å². The van der Waals surface area contributed by atoms with Crippen molar-refractivity contribution in [1.82, 2.24) is 14.1 Å². The average Bonchev–Trinajstić information content (AvgIpc) is 1.82. The molecule has 0 spiro atoms.